The number of hydrogen-bond acceptors (Lipinski definition) is 3. The number of methoxy groups -OCH3 is 1. The summed E-state index contributed by atoms with van der Waals surface area (Å²) < 4.78 is 4.70. The van der Waals surface area contributed by atoms with Crippen molar-refractivity contribution in [1.82, 2.24) is 0 Å². The quantitative estimate of drug-likeness (QED) is 0.493. The van der Waals surface area contributed by atoms with Gasteiger partial charge in [-0.15, -0.1) is 0 Å². The fraction of sp³-hybridized carbons (Fsp3) is 0.136. The summed E-state index contributed by atoms with van der Waals surface area (Å²) in [7, 11) is 1.37. The predicted octanol–water partition coefficient (Wildman–Crippen LogP) is 6.31. The van der Waals surface area contributed by atoms with Gasteiger partial charge in [0.2, 0.25) is 0 Å². The van der Waals surface area contributed by atoms with Gasteiger partial charge < -0.3 is 10.1 Å². The average molecular weight is 400 g/mol. The van der Waals surface area contributed by atoms with Crippen LogP contribution in [0.2, 0.25) is 10.0 Å². The maximum Gasteiger partial charge on any atom is 0.337 e. The van der Waals surface area contributed by atoms with E-state index in [2.05, 4.69) is 17.4 Å². The number of anilines is 2. The number of carbonyl (C=O) groups is 1. The molecule has 138 valence electrons. The minimum absolute atomic E-state index is 0.340. The minimum atomic E-state index is -0.340. The molecule has 0 amide bonds. The first kappa shape index (κ1) is 19.3. The second-order valence-corrected chi connectivity index (χ2v) is 6.95. The number of benzene rings is 3. The molecule has 0 aliphatic heterocycles. The van der Waals surface area contributed by atoms with E-state index in [0.717, 1.165) is 29.8 Å². The first-order chi connectivity index (χ1) is 13.0. The monoisotopic (exact) mass is 399 g/mol. The van der Waals surface area contributed by atoms with Crippen LogP contribution in [0.3, 0.4) is 0 Å². The SMILES string of the molecule is COC(=O)c1ccc(Nc2ccc(CCc3ccc(Cl)c(Cl)c3)cc2)cc1. The summed E-state index contributed by atoms with van der Waals surface area (Å²) in [6.07, 6.45) is 1.82. The van der Waals surface area contributed by atoms with Crippen molar-refractivity contribution in [3.8, 4) is 0 Å². The van der Waals surface area contributed by atoms with Crippen molar-refractivity contribution >= 4 is 40.5 Å². The van der Waals surface area contributed by atoms with Crippen molar-refractivity contribution in [2.24, 2.45) is 0 Å². The third-order valence-corrected chi connectivity index (χ3v) is 4.97. The van der Waals surface area contributed by atoms with Crippen molar-refractivity contribution in [3.63, 3.8) is 0 Å². The van der Waals surface area contributed by atoms with Crippen LogP contribution in [0.25, 0.3) is 0 Å². The Kier molecular flexibility index (Phi) is 6.38. The molecule has 0 heterocycles. The fourth-order valence-corrected chi connectivity index (χ4v) is 3.03. The standard InChI is InChI=1S/C22H19Cl2NO2/c1-27-22(26)17-7-11-19(12-8-17)25-18-9-4-15(5-10-18)2-3-16-6-13-20(23)21(24)14-16/h4-14,25H,2-3H2,1H3. The van der Waals surface area contributed by atoms with Gasteiger partial charge in [-0.2, -0.15) is 0 Å². The normalized spacial score (nSPS) is 10.5. The molecule has 0 spiro atoms. The molecule has 3 aromatic carbocycles. The van der Waals surface area contributed by atoms with E-state index in [1.807, 2.05) is 42.5 Å². The van der Waals surface area contributed by atoms with Crippen LogP contribution in [0.1, 0.15) is 21.5 Å². The lowest BCUT2D eigenvalue weighted by atomic mass is 10.0. The molecule has 0 bridgehead atoms. The third kappa shape index (κ3) is 5.25. The van der Waals surface area contributed by atoms with E-state index < -0.39 is 0 Å². The first-order valence-electron chi connectivity index (χ1n) is 8.53. The fourth-order valence-electron chi connectivity index (χ4n) is 2.71. The summed E-state index contributed by atoms with van der Waals surface area (Å²) in [5.74, 6) is -0.340. The van der Waals surface area contributed by atoms with Gasteiger partial charge in [-0.05, 0) is 72.5 Å². The number of carbonyl (C=O) groups excluding carboxylic acids is 1. The first-order valence-corrected chi connectivity index (χ1v) is 9.29. The number of hydrogen-bond donors (Lipinski definition) is 1. The lowest BCUT2D eigenvalue weighted by Crippen LogP contribution is -2.00. The summed E-state index contributed by atoms with van der Waals surface area (Å²) in [6, 6.07) is 21.2. The molecule has 1 N–H and O–H groups in total. The molecule has 0 aromatic heterocycles. The minimum Gasteiger partial charge on any atom is -0.465 e. The van der Waals surface area contributed by atoms with Gasteiger partial charge in [0.05, 0.1) is 22.7 Å². The molecule has 3 rings (SSSR count). The summed E-state index contributed by atoms with van der Waals surface area (Å²) in [6.45, 7) is 0. The summed E-state index contributed by atoms with van der Waals surface area (Å²) >= 11 is 12.0. The van der Waals surface area contributed by atoms with Crippen molar-refractivity contribution in [3.05, 3.63) is 93.5 Å². The van der Waals surface area contributed by atoms with Gasteiger partial charge in [-0.1, -0.05) is 41.4 Å². The van der Waals surface area contributed by atoms with Gasteiger partial charge in [-0.25, -0.2) is 4.79 Å². The van der Waals surface area contributed by atoms with E-state index in [-0.39, 0.29) is 5.97 Å². The Balaban J connectivity index is 1.58. The van der Waals surface area contributed by atoms with Gasteiger partial charge in [-0.3, -0.25) is 0 Å². The van der Waals surface area contributed by atoms with Gasteiger partial charge >= 0.3 is 5.97 Å². The van der Waals surface area contributed by atoms with E-state index in [9.17, 15) is 4.79 Å². The van der Waals surface area contributed by atoms with Crippen LogP contribution in [0.5, 0.6) is 0 Å². The number of nitrogens with one attached hydrogen (secondary N) is 1. The lowest BCUT2D eigenvalue weighted by molar-refractivity contribution is 0.0601. The highest BCUT2D eigenvalue weighted by Crippen LogP contribution is 2.24. The summed E-state index contributed by atoms with van der Waals surface area (Å²) in [4.78, 5) is 11.5. The molecular weight excluding hydrogens is 381 g/mol. The second kappa shape index (κ2) is 8.94. The molecule has 3 nitrogen and oxygen atoms in total. The molecule has 0 radical (unpaired) electrons. The zero-order valence-corrected chi connectivity index (χ0v) is 16.3. The maximum atomic E-state index is 11.5. The van der Waals surface area contributed by atoms with Crippen LogP contribution in [0, 0.1) is 0 Å². The van der Waals surface area contributed by atoms with Crippen LogP contribution in [-0.2, 0) is 17.6 Å². The zero-order valence-electron chi connectivity index (χ0n) is 14.8. The Bertz CT molecular complexity index is 922. The smallest absolute Gasteiger partial charge is 0.337 e. The molecule has 0 atom stereocenters. The summed E-state index contributed by atoms with van der Waals surface area (Å²) in [5, 5.41) is 4.49. The molecule has 0 aliphatic carbocycles. The lowest BCUT2D eigenvalue weighted by Gasteiger charge is -2.09. The predicted molar refractivity (Wildman–Crippen MR) is 111 cm³/mol. The van der Waals surface area contributed by atoms with E-state index in [1.54, 1.807) is 12.1 Å². The topological polar surface area (TPSA) is 38.3 Å². The highest BCUT2D eigenvalue weighted by molar-refractivity contribution is 6.42. The van der Waals surface area contributed by atoms with E-state index >= 15 is 0 Å². The van der Waals surface area contributed by atoms with Crippen LogP contribution in [-0.4, -0.2) is 13.1 Å². The second-order valence-electron chi connectivity index (χ2n) is 6.14. The van der Waals surface area contributed by atoms with Crippen LogP contribution < -0.4 is 5.32 Å². The maximum absolute atomic E-state index is 11.5. The largest absolute Gasteiger partial charge is 0.465 e. The van der Waals surface area contributed by atoms with Crippen LogP contribution >= 0.6 is 23.2 Å². The molecule has 3 aromatic rings. The number of aryl methyl sites for hydroxylation is 2. The van der Waals surface area contributed by atoms with Gasteiger partial charge in [0, 0.05) is 11.4 Å². The Morgan fingerprint density at radius 2 is 1.37 bits per heavy atom. The summed E-state index contributed by atoms with van der Waals surface area (Å²) in [5.41, 5.74) is 4.83. The van der Waals surface area contributed by atoms with Crippen molar-refractivity contribution in [2.45, 2.75) is 12.8 Å². The molecular formula is C22H19Cl2NO2. The third-order valence-electron chi connectivity index (χ3n) is 4.23. The van der Waals surface area contributed by atoms with Gasteiger partial charge in [0.15, 0.2) is 0 Å². The van der Waals surface area contributed by atoms with Gasteiger partial charge in [0.1, 0.15) is 0 Å². The molecule has 0 aliphatic rings. The van der Waals surface area contributed by atoms with E-state index in [1.165, 1.54) is 12.7 Å². The molecule has 27 heavy (non-hydrogen) atoms. The van der Waals surface area contributed by atoms with E-state index in [4.69, 9.17) is 27.9 Å². The Hall–Kier alpha value is -2.49. The molecule has 0 unspecified atom stereocenters. The Morgan fingerprint density at radius 1 is 0.815 bits per heavy atom. The van der Waals surface area contributed by atoms with Crippen molar-refractivity contribution in [2.75, 3.05) is 12.4 Å². The molecule has 5 heteroatoms. The highest BCUT2D eigenvalue weighted by atomic mass is 35.5. The number of esters is 1. The Morgan fingerprint density at radius 3 is 1.96 bits per heavy atom. The number of rotatable bonds is 6. The van der Waals surface area contributed by atoms with Crippen molar-refractivity contribution < 1.29 is 9.53 Å². The van der Waals surface area contributed by atoms with Crippen LogP contribution in [0.15, 0.2) is 66.7 Å². The molecule has 0 saturated carbocycles. The van der Waals surface area contributed by atoms with Crippen molar-refractivity contribution in [1.29, 1.82) is 0 Å². The highest BCUT2D eigenvalue weighted by Gasteiger charge is 2.05. The molecule has 0 saturated heterocycles. The number of halogens is 2. The van der Waals surface area contributed by atoms with Crippen LogP contribution in [0.4, 0.5) is 11.4 Å². The molecule has 0 fully saturated rings. The van der Waals surface area contributed by atoms with E-state index in [0.29, 0.717) is 15.6 Å². The Labute approximate surface area is 168 Å². The average Bonchev–Trinajstić information content (AvgIpc) is 2.70. The zero-order chi connectivity index (χ0) is 19.2. The number of ether oxygens (including phenoxy) is 1. The van der Waals surface area contributed by atoms with Gasteiger partial charge in [0.25, 0.3) is 0 Å².